The number of hydrogen-bond donors (Lipinski definition) is 2. The van der Waals surface area contributed by atoms with E-state index in [1.54, 1.807) is 0 Å². The Morgan fingerprint density at radius 2 is 1.49 bits per heavy atom. The van der Waals surface area contributed by atoms with Crippen molar-refractivity contribution in [3.63, 3.8) is 0 Å². The molecule has 4 aliphatic rings. The van der Waals surface area contributed by atoms with Gasteiger partial charge in [-0.2, -0.15) is 0 Å². The maximum Gasteiger partial charge on any atom is 0.323 e. The Morgan fingerprint density at radius 3 is 2.20 bits per heavy atom. The highest BCUT2D eigenvalue weighted by molar-refractivity contribution is 6.01. The van der Waals surface area contributed by atoms with E-state index >= 15 is 0 Å². The van der Waals surface area contributed by atoms with Crippen molar-refractivity contribution in [2.75, 3.05) is 14.2 Å². The summed E-state index contributed by atoms with van der Waals surface area (Å²) in [5.74, 6) is -2.18. The molecule has 2 aromatic carbocycles. The second kappa shape index (κ2) is 9.97. The summed E-state index contributed by atoms with van der Waals surface area (Å²) in [6, 6.07) is 15.4. The van der Waals surface area contributed by atoms with Gasteiger partial charge in [0.05, 0.1) is 14.2 Å². The number of carbonyl (C=O) groups excluding carboxylic acids is 2. The summed E-state index contributed by atoms with van der Waals surface area (Å²) >= 11 is 0. The standard InChI is InChI=1S/C35H36O6/c1-22(35(39)29-18-10-6-14-25(29)26-15-7-11-19-30(26)35)20-33(31(36)40-2,32(37)41-3)21-34(38)27-16-8-4-12-23(27)24-13-5-9-17-28(24)34/h4,6-10,12,14-18,22,38-39H,5,11,13,19-21H2,1-3H3. The molecule has 2 N–H and O–H groups in total. The third kappa shape index (κ3) is 3.84. The number of ether oxygens (including phenoxy) is 2. The van der Waals surface area contributed by atoms with Crippen molar-refractivity contribution in [3.05, 3.63) is 106 Å². The number of aliphatic hydroxyl groups is 2. The van der Waals surface area contributed by atoms with Crippen LogP contribution in [0, 0.1) is 11.3 Å². The molecule has 0 spiro atoms. The topological polar surface area (TPSA) is 93.1 Å². The highest BCUT2D eigenvalue weighted by atomic mass is 16.5. The molecule has 0 aromatic heterocycles. The van der Waals surface area contributed by atoms with E-state index in [2.05, 4.69) is 12.2 Å². The van der Waals surface area contributed by atoms with Crippen LogP contribution in [0.4, 0.5) is 0 Å². The van der Waals surface area contributed by atoms with Crippen LogP contribution >= 0.6 is 0 Å². The number of allylic oxidation sites excluding steroid dienone is 5. The molecule has 0 fully saturated rings. The summed E-state index contributed by atoms with van der Waals surface area (Å²) in [6.07, 6.45) is 10.8. The minimum Gasteiger partial charge on any atom is -0.468 e. The Hall–Kier alpha value is -3.74. The van der Waals surface area contributed by atoms with Gasteiger partial charge in [0.2, 0.25) is 0 Å². The van der Waals surface area contributed by atoms with Crippen molar-refractivity contribution in [2.45, 2.75) is 56.7 Å². The van der Waals surface area contributed by atoms with Crippen LogP contribution in [0.2, 0.25) is 0 Å². The zero-order chi connectivity index (χ0) is 29.0. The number of benzene rings is 2. The Kier molecular flexibility index (Phi) is 6.67. The molecule has 0 saturated carbocycles. The van der Waals surface area contributed by atoms with Gasteiger partial charge in [-0.05, 0) is 82.6 Å². The summed E-state index contributed by atoms with van der Waals surface area (Å²) in [6.45, 7) is 1.86. The zero-order valence-corrected chi connectivity index (χ0v) is 23.8. The predicted molar refractivity (Wildman–Crippen MR) is 156 cm³/mol. The second-order valence-corrected chi connectivity index (χ2v) is 11.7. The molecule has 2 aromatic rings. The molecule has 41 heavy (non-hydrogen) atoms. The maximum absolute atomic E-state index is 13.8. The number of fused-ring (bicyclic) bond motifs is 4. The zero-order valence-electron chi connectivity index (χ0n) is 23.8. The molecule has 6 rings (SSSR count). The Morgan fingerprint density at radius 1 is 0.878 bits per heavy atom. The van der Waals surface area contributed by atoms with Gasteiger partial charge in [0.1, 0.15) is 11.2 Å². The van der Waals surface area contributed by atoms with Crippen LogP contribution in [0.15, 0.2) is 84.0 Å². The van der Waals surface area contributed by atoms with Crippen molar-refractivity contribution >= 4 is 23.1 Å². The molecule has 0 radical (unpaired) electrons. The van der Waals surface area contributed by atoms with Crippen LogP contribution in [-0.4, -0.2) is 36.4 Å². The fraction of sp³-hybridized carbons (Fsp3) is 0.371. The van der Waals surface area contributed by atoms with E-state index in [-0.39, 0.29) is 12.8 Å². The first-order valence-electron chi connectivity index (χ1n) is 14.3. The second-order valence-electron chi connectivity index (χ2n) is 11.7. The highest BCUT2D eigenvalue weighted by Gasteiger charge is 2.60. The maximum atomic E-state index is 13.8. The van der Waals surface area contributed by atoms with Crippen molar-refractivity contribution in [3.8, 4) is 0 Å². The van der Waals surface area contributed by atoms with E-state index in [0.717, 1.165) is 52.7 Å². The van der Waals surface area contributed by atoms with Gasteiger partial charge in [-0.25, -0.2) is 0 Å². The molecule has 0 heterocycles. The van der Waals surface area contributed by atoms with Crippen molar-refractivity contribution < 1.29 is 29.3 Å². The summed E-state index contributed by atoms with van der Waals surface area (Å²) in [5, 5.41) is 25.1. The third-order valence-corrected chi connectivity index (χ3v) is 9.65. The minimum atomic E-state index is -1.89. The van der Waals surface area contributed by atoms with Crippen LogP contribution in [-0.2, 0) is 30.3 Å². The number of hydrogen-bond acceptors (Lipinski definition) is 6. The Labute approximate surface area is 240 Å². The average molecular weight is 553 g/mol. The molecule has 3 atom stereocenters. The highest BCUT2D eigenvalue weighted by Crippen LogP contribution is 2.58. The van der Waals surface area contributed by atoms with Gasteiger partial charge in [-0.1, -0.05) is 79.8 Å². The number of rotatable bonds is 7. The van der Waals surface area contributed by atoms with Crippen molar-refractivity contribution in [1.29, 1.82) is 0 Å². The molecule has 0 bridgehead atoms. The lowest BCUT2D eigenvalue weighted by molar-refractivity contribution is -0.177. The first-order chi connectivity index (χ1) is 19.7. The molecule has 6 nitrogen and oxygen atoms in total. The molecular weight excluding hydrogens is 516 g/mol. The van der Waals surface area contributed by atoms with Crippen LogP contribution in [0.5, 0.6) is 0 Å². The van der Waals surface area contributed by atoms with Crippen LogP contribution in [0.25, 0.3) is 11.1 Å². The van der Waals surface area contributed by atoms with E-state index in [1.807, 2.05) is 67.6 Å². The molecular formula is C35H36O6. The summed E-state index contributed by atoms with van der Waals surface area (Å²) in [5.41, 5.74) is 1.99. The van der Waals surface area contributed by atoms with E-state index in [1.165, 1.54) is 14.2 Å². The van der Waals surface area contributed by atoms with E-state index in [4.69, 9.17) is 9.47 Å². The van der Waals surface area contributed by atoms with E-state index in [9.17, 15) is 19.8 Å². The lowest BCUT2D eigenvalue weighted by atomic mass is 9.64. The van der Waals surface area contributed by atoms with Gasteiger partial charge in [0, 0.05) is 6.42 Å². The smallest absolute Gasteiger partial charge is 0.323 e. The number of methoxy groups -OCH3 is 2. The Bertz CT molecular complexity index is 1540. The largest absolute Gasteiger partial charge is 0.468 e. The van der Waals surface area contributed by atoms with Gasteiger partial charge in [0.25, 0.3) is 0 Å². The minimum absolute atomic E-state index is 0.0888. The first-order valence-corrected chi connectivity index (χ1v) is 14.3. The number of esters is 2. The summed E-state index contributed by atoms with van der Waals surface area (Å²) < 4.78 is 10.6. The Balaban J connectivity index is 1.49. The molecule has 0 amide bonds. The van der Waals surface area contributed by atoms with Crippen LogP contribution in [0.1, 0.15) is 67.7 Å². The molecule has 6 heteroatoms. The number of carbonyl (C=O) groups is 2. The molecule has 3 unspecified atom stereocenters. The van der Waals surface area contributed by atoms with Gasteiger partial charge < -0.3 is 19.7 Å². The summed E-state index contributed by atoms with van der Waals surface area (Å²) in [4.78, 5) is 27.7. The van der Waals surface area contributed by atoms with E-state index in [0.29, 0.717) is 17.6 Å². The first kappa shape index (κ1) is 27.4. The van der Waals surface area contributed by atoms with Crippen LogP contribution < -0.4 is 0 Å². The predicted octanol–water partition coefficient (Wildman–Crippen LogP) is 5.75. The van der Waals surface area contributed by atoms with E-state index < -0.39 is 34.5 Å². The van der Waals surface area contributed by atoms with Crippen molar-refractivity contribution in [2.24, 2.45) is 11.3 Å². The summed E-state index contributed by atoms with van der Waals surface area (Å²) in [7, 11) is 2.49. The third-order valence-electron chi connectivity index (χ3n) is 9.65. The molecule has 212 valence electrons. The van der Waals surface area contributed by atoms with Crippen molar-refractivity contribution in [1.82, 2.24) is 0 Å². The van der Waals surface area contributed by atoms with Gasteiger partial charge in [-0.3, -0.25) is 9.59 Å². The monoisotopic (exact) mass is 552 g/mol. The van der Waals surface area contributed by atoms with Crippen LogP contribution in [0.3, 0.4) is 0 Å². The van der Waals surface area contributed by atoms with Gasteiger partial charge in [0.15, 0.2) is 5.41 Å². The molecule has 0 saturated heterocycles. The fourth-order valence-electron chi connectivity index (χ4n) is 7.83. The molecule has 0 aliphatic heterocycles. The van der Waals surface area contributed by atoms with Gasteiger partial charge in [-0.15, -0.1) is 0 Å². The fourth-order valence-corrected chi connectivity index (χ4v) is 7.83. The average Bonchev–Trinajstić information content (AvgIpc) is 3.43. The molecule has 4 aliphatic carbocycles. The SMILES string of the molecule is COC(=O)C(CC(C)C1(O)C2=C(C=CCC2)c2ccccc21)(CC1(O)C2=C(CCC=C2)c2ccccc21)C(=O)OC. The van der Waals surface area contributed by atoms with Gasteiger partial charge >= 0.3 is 11.9 Å². The quantitative estimate of drug-likeness (QED) is 0.336. The lowest BCUT2D eigenvalue weighted by Crippen LogP contribution is -2.50. The normalized spacial score (nSPS) is 24.9. The lowest BCUT2D eigenvalue weighted by Gasteiger charge is -2.42.